The summed E-state index contributed by atoms with van der Waals surface area (Å²) in [6, 6.07) is 6.11. The number of methoxy groups -OCH3 is 1. The Hall–Kier alpha value is -2.59. The molecule has 172 valence electrons. The molecule has 1 saturated heterocycles. The second-order valence-corrected chi connectivity index (χ2v) is 8.86. The van der Waals surface area contributed by atoms with Crippen molar-refractivity contribution >= 4 is 17.7 Å². The smallest absolute Gasteiger partial charge is 0.233 e. The zero-order valence-electron chi connectivity index (χ0n) is 18.3. The van der Waals surface area contributed by atoms with Crippen LogP contribution in [0.1, 0.15) is 37.3 Å². The predicted molar refractivity (Wildman–Crippen MR) is 120 cm³/mol. The van der Waals surface area contributed by atoms with E-state index < -0.39 is 0 Å². The average molecular weight is 460 g/mol. The molecule has 1 aromatic carbocycles. The first-order valence-electron chi connectivity index (χ1n) is 10.9. The lowest BCUT2D eigenvalue weighted by molar-refractivity contribution is -0.130. The standard InChI is InChI=1S/C22H29N5O4S/c1-3-10-31-19-9-6-16(12-20(19)29-2)13-26(14-18-5-4-11-30-18)21(28)15-32-22-23-24-25-27(22)17-7-8-17/h3,6,9,12,17-18H,1,4-5,7-8,10-11,13-15H2,2H3. The quantitative estimate of drug-likeness (QED) is 0.353. The minimum atomic E-state index is 0.0294. The third-order valence-electron chi connectivity index (χ3n) is 5.44. The van der Waals surface area contributed by atoms with Gasteiger partial charge in [-0.15, -0.1) is 5.10 Å². The lowest BCUT2D eigenvalue weighted by Gasteiger charge is -2.26. The summed E-state index contributed by atoms with van der Waals surface area (Å²) in [6.45, 7) is 5.85. The molecule has 1 saturated carbocycles. The Morgan fingerprint density at radius 1 is 1.38 bits per heavy atom. The molecule has 0 radical (unpaired) electrons. The molecule has 1 amide bonds. The van der Waals surface area contributed by atoms with Crippen molar-refractivity contribution in [2.24, 2.45) is 0 Å². The van der Waals surface area contributed by atoms with Crippen LogP contribution in [-0.4, -0.2) is 69.7 Å². The van der Waals surface area contributed by atoms with Gasteiger partial charge >= 0.3 is 0 Å². The molecule has 32 heavy (non-hydrogen) atoms. The van der Waals surface area contributed by atoms with Crippen LogP contribution in [0, 0.1) is 0 Å². The van der Waals surface area contributed by atoms with Crippen molar-refractivity contribution in [2.75, 3.05) is 32.6 Å². The number of tetrazole rings is 1. The number of benzene rings is 1. The van der Waals surface area contributed by atoms with Crippen LogP contribution in [-0.2, 0) is 16.1 Å². The highest BCUT2D eigenvalue weighted by Gasteiger charge is 2.29. The summed E-state index contributed by atoms with van der Waals surface area (Å²) in [6.07, 6.45) is 5.93. The van der Waals surface area contributed by atoms with Crippen molar-refractivity contribution < 1.29 is 19.0 Å². The Bertz CT molecular complexity index is 927. The monoisotopic (exact) mass is 459 g/mol. The van der Waals surface area contributed by atoms with Crippen molar-refractivity contribution in [2.45, 2.75) is 49.5 Å². The van der Waals surface area contributed by atoms with E-state index in [0.717, 1.165) is 37.9 Å². The van der Waals surface area contributed by atoms with Crippen molar-refractivity contribution in [3.05, 3.63) is 36.4 Å². The molecule has 2 aliphatic rings. The molecule has 2 fully saturated rings. The first-order valence-corrected chi connectivity index (χ1v) is 11.9. The van der Waals surface area contributed by atoms with Crippen molar-refractivity contribution in [1.29, 1.82) is 0 Å². The van der Waals surface area contributed by atoms with E-state index in [9.17, 15) is 4.79 Å². The molecule has 1 unspecified atom stereocenters. The molecule has 1 aliphatic carbocycles. The van der Waals surface area contributed by atoms with Crippen molar-refractivity contribution in [3.8, 4) is 11.5 Å². The van der Waals surface area contributed by atoms with E-state index in [-0.39, 0.29) is 17.8 Å². The van der Waals surface area contributed by atoms with Gasteiger partial charge in [0.15, 0.2) is 11.5 Å². The number of ether oxygens (including phenoxy) is 3. The average Bonchev–Trinajstić information content (AvgIpc) is 3.31. The van der Waals surface area contributed by atoms with E-state index in [1.807, 2.05) is 27.8 Å². The number of thioether (sulfide) groups is 1. The van der Waals surface area contributed by atoms with E-state index in [2.05, 4.69) is 22.1 Å². The van der Waals surface area contributed by atoms with Crippen LogP contribution in [0.4, 0.5) is 0 Å². The van der Waals surface area contributed by atoms with Gasteiger partial charge in [-0.05, 0) is 53.8 Å². The SMILES string of the molecule is C=CCOc1ccc(CN(CC2CCCO2)C(=O)CSc2nnnn2C2CC2)cc1OC. The molecule has 0 bridgehead atoms. The lowest BCUT2D eigenvalue weighted by atomic mass is 10.1. The number of carbonyl (C=O) groups is 1. The highest BCUT2D eigenvalue weighted by atomic mass is 32.2. The van der Waals surface area contributed by atoms with Crippen molar-refractivity contribution in [1.82, 2.24) is 25.1 Å². The first kappa shape index (κ1) is 22.6. The summed E-state index contributed by atoms with van der Waals surface area (Å²) in [5.41, 5.74) is 0.965. The molecule has 9 nitrogen and oxygen atoms in total. The molecule has 1 aromatic heterocycles. The Balaban J connectivity index is 1.44. The van der Waals surface area contributed by atoms with E-state index in [1.54, 1.807) is 13.2 Å². The number of hydrogen-bond donors (Lipinski definition) is 0. The van der Waals surface area contributed by atoms with E-state index in [4.69, 9.17) is 14.2 Å². The molecule has 1 aliphatic heterocycles. The largest absolute Gasteiger partial charge is 0.493 e. The second-order valence-electron chi connectivity index (χ2n) is 7.92. The normalized spacial score (nSPS) is 17.8. The van der Waals surface area contributed by atoms with Gasteiger partial charge in [-0.2, -0.15) is 0 Å². The van der Waals surface area contributed by atoms with Crippen molar-refractivity contribution in [3.63, 3.8) is 0 Å². The topological polar surface area (TPSA) is 91.6 Å². The maximum atomic E-state index is 13.2. The van der Waals surface area contributed by atoms with Crippen LogP contribution in [0.2, 0.25) is 0 Å². The summed E-state index contributed by atoms with van der Waals surface area (Å²) in [5.74, 6) is 1.58. The Kier molecular flexibility index (Phi) is 7.64. The van der Waals surface area contributed by atoms with Crippen LogP contribution in [0.3, 0.4) is 0 Å². The minimum absolute atomic E-state index is 0.0294. The summed E-state index contributed by atoms with van der Waals surface area (Å²) in [4.78, 5) is 15.0. The molecule has 1 atom stereocenters. The van der Waals surface area contributed by atoms with Gasteiger partial charge in [-0.1, -0.05) is 30.5 Å². The van der Waals surface area contributed by atoms with Gasteiger partial charge in [0.05, 0.1) is 25.0 Å². The number of hydrogen-bond acceptors (Lipinski definition) is 8. The van der Waals surface area contributed by atoms with Crippen LogP contribution in [0.15, 0.2) is 36.0 Å². The van der Waals surface area contributed by atoms with Crippen LogP contribution in [0.25, 0.3) is 0 Å². The Morgan fingerprint density at radius 3 is 2.97 bits per heavy atom. The third-order valence-corrected chi connectivity index (χ3v) is 6.36. The van der Waals surface area contributed by atoms with Crippen LogP contribution in [0.5, 0.6) is 11.5 Å². The summed E-state index contributed by atoms with van der Waals surface area (Å²) in [7, 11) is 1.61. The second kappa shape index (κ2) is 10.8. The molecule has 2 heterocycles. The van der Waals surface area contributed by atoms with Gasteiger partial charge in [-0.3, -0.25) is 4.79 Å². The number of carbonyl (C=O) groups excluding carboxylic acids is 1. The summed E-state index contributed by atoms with van der Waals surface area (Å²) in [5, 5.41) is 12.6. The fourth-order valence-electron chi connectivity index (χ4n) is 3.63. The molecule has 10 heteroatoms. The lowest BCUT2D eigenvalue weighted by Crippen LogP contribution is -2.38. The molecule has 0 spiro atoms. The molecular formula is C22H29N5O4S. The van der Waals surface area contributed by atoms with Gasteiger partial charge in [0.2, 0.25) is 11.1 Å². The Labute approximate surface area is 192 Å². The summed E-state index contributed by atoms with van der Waals surface area (Å²) < 4.78 is 18.7. The zero-order valence-corrected chi connectivity index (χ0v) is 19.1. The van der Waals surface area contributed by atoms with Gasteiger partial charge in [0.1, 0.15) is 6.61 Å². The number of rotatable bonds is 12. The third kappa shape index (κ3) is 5.80. The van der Waals surface area contributed by atoms with E-state index in [1.165, 1.54) is 11.8 Å². The van der Waals surface area contributed by atoms with E-state index >= 15 is 0 Å². The van der Waals surface area contributed by atoms with Crippen LogP contribution >= 0.6 is 11.8 Å². The maximum absolute atomic E-state index is 13.2. The van der Waals surface area contributed by atoms with E-state index in [0.29, 0.717) is 42.4 Å². The predicted octanol–water partition coefficient (Wildman–Crippen LogP) is 2.88. The highest BCUT2D eigenvalue weighted by Crippen LogP contribution is 2.36. The molecule has 4 rings (SSSR count). The molecule has 2 aromatic rings. The number of nitrogens with zero attached hydrogens (tertiary/aromatic N) is 5. The highest BCUT2D eigenvalue weighted by molar-refractivity contribution is 7.99. The molecule has 0 N–H and O–H groups in total. The van der Waals surface area contributed by atoms with Crippen LogP contribution < -0.4 is 9.47 Å². The minimum Gasteiger partial charge on any atom is -0.493 e. The zero-order chi connectivity index (χ0) is 22.3. The van der Waals surface area contributed by atoms with Gasteiger partial charge in [-0.25, -0.2) is 4.68 Å². The summed E-state index contributed by atoms with van der Waals surface area (Å²) >= 11 is 1.39. The maximum Gasteiger partial charge on any atom is 0.233 e. The number of amides is 1. The molecular weight excluding hydrogens is 430 g/mol. The fourth-order valence-corrected chi connectivity index (χ4v) is 4.48. The van der Waals surface area contributed by atoms with Gasteiger partial charge < -0.3 is 19.1 Å². The fraction of sp³-hybridized carbons (Fsp3) is 0.545. The first-order chi connectivity index (χ1) is 15.7. The van der Waals surface area contributed by atoms with Gasteiger partial charge in [0.25, 0.3) is 0 Å². The van der Waals surface area contributed by atoms with Gasteiger partial charge in [0, 0.05) is 19.7 Å². The number of aromatic nitrogens is 4. The Morgan fingerprint density at radius 2 is 2.25 bits per heavy atom.